The van der Waals surface area contributed by atoms with E-state index >= 15 is 0 Å². The third-order valence-corrected chi connectivity index (χ3v) is 4.13. The van der Waals surface area contributed by atoms with Crippen LogP contribution in [0.2, 0.25) is 0 Å². The minimum Gasteiger partial charge on any atom is -0.369 e. The molecule has 1 aliphatic rings. The number of hydrogen-bond acceptors (Lipinski definition) is 5. The Morgan fingerprint density at radius 3 is 2.75 bits per heavy atom. The Bertz CT molecular complexity index is 794. The molecule has 1 aromatic carbocycles. The molecule has 6 heteroatoms. The second-order valence-corrected chi connectivity index (χ2v) is 5.80. The van der Waals surface area contributed by atoms with Crippen LogP contribution in [0.1, 0.15) is 30.4 Å². The first-order valence-corrected chi connectivity index (χ1v) is 7.89. The molecule has 0 bridgehead atoms. The van der Waals surface area contributed by atoms with Gasteiger partial charge in [0.1, 0.15) is 5.82 Å². The molecule has 0 saturated heterocycles. The van der Waals surface area contributed by atoms with Crippen LogP contribution >= 0.6 is 0 Å². The van der Waals surface area contributed by atoms with E-state index < -0.39 is 0 Å². The van der Waals surface area contributed by atoms with Crippen LogP contribution in [0, 0.1) is 17.8 Å². The minimum absolute atomic E-state index is 0.0472. The smallest absolute Gasteiger partial charge is 0.222 e. The van der Waals surface area contributed by atoms with Crippen LogP contribution in [0.25, 0.3) is 0 Å². The molecule has 2 aromatic rings. The van der Waals surface area contributed by atoms with E-state index in [1.54, 1.807) is 6.20 Å². The average molecular weight is 321 g/mol. The largest absolute Gasteiger partial charge is 0.369 e. The van der Waals surface area contributed by atoms with Crippen molar-refractivity contribution in [3.05, 3.63) is 47.7 Å². The molecule has 1 amide bonds. The topological polar surface area (TPSA) is 107 Å². The van der Waals surface area contributed by atoms with Gasteiger partial charge in [-0.1, -0.05) is 36.5 Å². The van der Waals surface area contributed by atoms with Gasteiger partial charge in [0.15, 0.2) is 0 Å². The first kappa shape index (κ1) is 15.8. The molecule has 3 rings (SSSR count). The van der Waals surface area contributed by atoms with E-state index in [0.29, 0.717) is 11.4 Å². The van der Waals surface area contributed by atoms with Crippen LogP contribution in [-0.2, 0) is 4.79 Å². The number of nitrogens with one attached hydrogen (secondary N) is 1. The van der Waals surface area contributed by atoms with Crippen LogP contribution in [0.15, 0.2) is 36.5 Å². The van der Waals surface area contributed by atoms with Crippen molar-refractivity contribution in [1.29, 1.82) is 0 Å². The highest BCUT2D eigenvalue weighted by Gasteiger charge is 2.32. The third kappa shape index (κ3) is 3.63. The number of aromatic nitrogens is 2. The number of amides is 1. The van der Waals surface area contributed by atoms with Crippen LogP contribution in [-0.4, -0.2) is 21.9 Å². The third-order valence-electron chi connectivity index (χ3n) is 4.13. The van der Waals surface area contributed by atoms with Crippen molar-refractivity contribution in [3.63, 3.8) is 0 Å². The fourth-order valence-electron chi connectivity index (χ4n) is 2.91. The van der Waals surface area contributed by atoms with E-state index in [2.05, 4.69) is 27.1 Å². The number of rotatable bonds is 3. The van der Waals surface area contributed by atoms with Crippen molar-refractivity contribution in [2.45, 2.75) is 25.3 Å². The summed E-state index contributed by atoms with van der Waals surface area (Å²) in [5.41, 5.74) is 12.7. The summed E-state index contributed by atoms with van der Waals surface area (Å²) in [5, 5.41) is 3.28. The molecule has 0 radical (unpaired) electrons. The Labute approximate surface area is 140 Å². The van der Waals surface area contributed by atoms with E-state index in [1.807, 2.05) is 30.3 Å². The van der Waals surface area contributed by atoms with Crippen LogP contribution in [0.3, 0.4) is 0 Å². The van der Waals surface area contributed by atoms with Gasteiger partial charge in [0, 0.05) is 11.6 Å². The Hall–Kier alpha value is -3.07. The van der Waals surface area contributed by atoms with E-state index in [1.165, 1.54) is 0 Å². The highest BCUT2D eigenvalue weighted by Crippen LogP contribution is 2.28. The van der Waals surface area contributed by atoms with Crippen LogP contribution in [0.4, 0.5) is 11.8 Å². The summed E-state index contributed by atoms with van der Waals surface area (Å²) in [7, 11) is 0. The van der Waals surface area contributed by atoms with Gasteiger partial charge < -0.3 is 16.8 Å². The summed E-state index contributed by atoms with van der Waals surface area (Å²) in [6.45, 7) is 0. The van der Waals surface area contributed by atoms with Gasteiger partial charge in [-0.05, 0) is 25.0 Å². The number of carbonyl (C=O) groups excluding carboxylic acids is 1. The number of nitrogens with two attached hydrogens (primary N) is 2. The summed E-state index contributed by atoms with van der Waals surface area (Å²) in [4.78, 5) is 19.8. The molecule has 122 valence electrons. The maximum Gasteiger partial charge on any atom is 0.222 e. The molecule has 0 unspecified atom stereocenters. The van der Waals surface area contributed by atoms with Gasteiger partial charge in [0.25, 0.3) is 0 Å². The number of carbonyl (C=O) groups is 1. The van der Waals surface area contributed by atoms with Gasteiger partial charge in [-0.2, -0.15) is 4.98 Å². The fourth-order valence-corrected chi connectivity index (χ4v) is 2.91. The molecule has 5 N–H and O–H groups in total. The van der Waals surface area contributed by atoms with Gasteiger partial charge in [-0.25, -0.2) is 4.98 Å². The second kappa shape index (κ2) is 7.01. The molecule has 6 nitrogen and oxygen atoms in total. The van der Waals surface area contributed by atoms with Crippen molar-refractivity contribution in [2.75, 3.05) is 11.1 Å². The first-order valence-electron chi connectivity index (χ1n) is 7.89. The Morgan fingerprint density at radius 2 is 2.00 bits per heavy atom. The maximum absolute atomic E-state index is 11.6. The molecule has 1 saturated carbocycles. The molecule has 1 aliphatic carbocycles. The highest BCUT2D eigenvalue weighted by molar-refractivity contribution is 5.78. The summed E-state index contributed by atoms with van der Waals surface area (Å²) in [5.74, 6) is 6.37. The quantitative estimate of drug-likeness (QED) is 0.743. The SMILES string of the molecule is NC(=O)[C@H]1CCC[C@H]1Nc1nc(N)ncc1C#Cc1ccccc1. The molecule has 0 spiro atoms. The van der Waals surface area contributed by atoms with Crippen molar-refractivity contribution in [1.82, 2.24) is 9.97 Å². The van der Waals surface area contributed by atoms with Crippen molar-refractivity contribution < 1.29 is 4.79 Å². The fraction of sp³-hybridized carbons (Fsp3) is 0.278. The lowest BCUT2D eigenvalue weighted by molar-refractivity contribution is -0.121. The van der Waals surface area contributed by atoms with Crippen molar-refractivity contribution in [3.8, 4) is 11.8 Å². The summed E-state index contributed by atoms with van der Waals surface area (Å²) in [6, 6.07) is 9.61. The predicted molar refractivity (Wildman–Crippen MR) is 92.8 cm³/mol. The molecule has 1 heterocycles. The highest BCUT2D eigenvalue weighted by atomic mass is 16.1. The molecule has 2 atom stereocenters. The zero-order valence-electron chi connectivity index (χ0n) is 13.2. The standard InChI is InChI=1S/C18H19N5O/c19-16(24)14-7-4-8-15(14)22-17-13(11-21-18(20)23-17)10-9-12-5-2-1-3-6-12/h1-3,5-6,11,14-15H,4,7-8H2,(H2,19,24)(H3,20,21,22,23)/t14-,15+/m0/s1. The average Bonchev–Trinajstić information content (AvgIpc) is 3.03. The Morgan fingerprint density at radius 1 is 1.21 bits per heavy atom. The number of nitrogens with zero attached hydrogens (tertiary/aromatic N) is 2. The number of primary amides is 1. The first-order chi connectivity index (χ1) is 11.6. The molecule has 1 aromatic heterocycles. The number of benzene rings is 1. The zero-order valence-corrected chi connectivity index (χ0v) is 13.2. The Kier molecular flexibility index (Phi) is 4.62. The summed E-state index contributed by atoms with van der Waals surface area (Å²) < 4.78 is 0. The van der Waals surface area contributed by atoms with Gasteiger partial charge in [0.2, 0.25) is 11.9 Å². The lowest BCUT2D eigenvalue weighted by Gasteiger charge is -2.19. The van der Waals surface area contributed by atoms with E-state index in [0.717, 1.165) is 24.8 Å². The predicted octanol–water partition coefficient (Wildman–Crippen LogP) is 1.52. The molecular weight excluding hydrogens is 302 g/mol. The zero-order chi connectivity index (χ0) is 16.9. The van der Waals surface area contributed by atoms with Crippen LogP contribution < -0.4 is 16.8 Å². The minimum atomic E-state index is -0.288. The summed E-state index contributed by atoms with van der Waals surface area (Å²) in [6.07, 6.45) is 4.20. The van der Waals surface area contributed by atoms with Crippen molar-refractivity contribution in [2.24, 2.45) is 11.7 Å². The van der Waals surface area contributed by atoms with Gasteiger partial charge in [-0.15, -0.1) is 0 Å². The summed E-state index contributed by atoms with van der Waals surface area (Å²) >= 11 is 0. The monoisotopic (exact) mass is 321 g/mol. The van der Waals surface area contributed by atoms with E-state index in [4.69, 9.17) is 11.5 Å². The van der Waals surface area contributed by atoms with Gasteiger partial charge in [0.05, 0.1) is 17.7 Å². The lowest BCUT2D eigenvalue weighted by Crippen LogP contribution is -2.34. The second-order valence-electron chi connectivity index (χ2n) is 5.80. The van der Waals surface area contributed by atoms with Gasteiger partial charge >= 0.3 is 0 Å². The van der Waals surface area contributed by atoms with E-state index in [9.17, 15) is 4.79 Å². The Balaban J connectivity index is 1.86. The van der Waals surface area contributed by atoms with Crippen molar-refractivity contribution >= 4 is 17.7 Å². The van der Waals surface area contributed by atoms with Gasteiger partial charge in [-0.3, -0.25) is 4.79 Å². The number of anilines is 2. The molecule has 0 aliphatic heterocycles. The maximum atomic E-state index is 11.6. The normalized spacial score (nSPS) is 19.3. The molecule has 1 fully saturated rings. The van der Waals surface area contributed by atoms with Crippen LogP contribution in [0.5, 0.6) is 0 Å². The molecular formula is C18H19N5O. The van der Waals surface area contributed by atoms with E-state index in [-0.39, 0.29) is 23.8 Å². The lowest BCUT2D eigenvalue weighted by atomic mass is 10.0. The number of nitrogen functional groups attached to an aromatic ring is 1. The number of hydrogen-bond donors (Lipinski definition) is 3. The molecule has 24 heavy (non-hydrogen) atoms.